The van der Waals surface area contributed by atoms with E-state index in [9.17, 15) is 5.11 Å². The van der Waals surface area contributed by atoms with Gasteiger partial charge in [0.25, 0.3) is 0 Å². The van der Waals surface area contributed by atoms with E-state index in [2.05, 4.69) is 34.6 Å². The molecule has 1 aromatic carbocycles. The molecule has 0 aliphatic carbocycles. The molecular weight excluding hydrogens is 288 g/mol. The van der Waals surface area contributed by atoms with E-state index in [1.807, 2.05) is 18.2 Å². The average molecular weight is 322 g/mol. The monoisotopic (exact) mass is 322 g/mol. The maximum absolute atomic E-state index is 11.5. The highest BCUT2D eigenvalue weighted by Crippen LogP contribution is 2.45. The first-order valence-electron chi connectivity index (χ1n) is 8.68. The lowest BCUT2D eigenvalue weighted by atomic mass is 9.63. The van der Waals surface area contributed by atoms with Gasteiger partial charge in [0, 0.05) is 11.5 Å². The van der Waals surface area contributed by atoms with Crippen molar-refractivity contribution >= 4 is 0 Å². The zero-order valence-corrected chi connectivity index (χ0v) is 15.9. The molecule has 1 rings (SSSR count). The van der Waals surface area contributed by atoms with Gasteiger partial charge in [0.15, 0.2) is 0 Å². The number of hydrogen-bond donors (Lipinski definition) is 1. The predicted molar refractivity (Wildman–Crippen MR) is 96.5 cm³/mol. The average Bonchev–Trinajstić information content (AvgIpc) is 2.53. The van der Waals surface area contributed by atoms with Crippen LogP contribution in [0.3, 0.4) is 0 Å². The minimum absolute atomic E-state index is 0.159. The van der Waals surface area contributed by atoms with E-state index in [1.54, 1.807) is 14.2 Å². The molecule has 0 aliphatic heterocycles. The predicted octanol–water partition coefficient (Wildman–Crippen LogP) is 4.95. The van der Waals surface area contributed by atoms with Gasteiger partial charge in [0.1, 0.15) is 11.5 Å². The molecule has 1 unspecified atom stereocenters. The Kier molecular flexibility index (Phi) is 6.94. The molecule has 1 aromatic rings. The van der Waals surface area contributed by atoms with Crippen LogP contribution in [-0.4, -0.2) is 24.9 Å². The number of hydrogen-bond acceptors (Lipinski definition) is 3. The Morgan fingerprint density at radius 1 is 1.00 bits per heavy atom. The first-order chi connectivity index (χ1) is 10.7. The summed E-state index contributed by atoms with van der Waals surface area (Å²) in [7, 11) is 3.31. The van der Waals surface area contributed by atoms with Crippen molar-refractivity contribution in [2.45, 2.75) is 71.3 Å². The largest absolute Gasteiger partial charge is 0.497 e. The van der Waals surface area contributed by atoms with Crippen molar-refractivity contribution in [3.05, 3.63) is 23.8 Å². The van der Waals surface area contributed by atoms with Crippen molar-refractivity contribution in [1.82, 2.24) is 0 Å². The maximum atomic E-state index is 11.5. The molecule has 3 heteroatoms. The van der Waals surface area contributed by atoms with Crippen LogP contribution in [0, 0.1) is 5.92 Å². The fourth-order valence-corrected chi connectivity index (χ4v) is 3.39. The van der Waals surface area contributed by atoms with Crippen molar-refractivity contribution < 1.29 is 14.6 Å². The van der Waals surface area contributed by atoms with Crippen molar-refractivity contribution in [2.24, 2.45) is 5.92 Å². The summed E-state index contributed by atoms with van der Waals surface area (Å²) in [6.07, 6.45) is 4.13. The Bertz CT molecular complexity index is 471. The second-order valence-electron chi connectivity index (χ2n) is 7.26. The molecule has 0 heterocycles. The number of methoxy groups -OCH3 is 2. The third-order valence-electron chi connectivity index (χ3n) is 5.27. The quantitative estimate of drug-likeness (QED) is 0.654. The SMILES string of the molecule is CCCCCC(O)(C(C)C)C(C)(C)c1cc(OC)cc(OC)c1. The second kappa shape index (κ2) is 8.05. The molecular formula is C20H34O3. The molecule has 0 spiro atoms. The molecule has 1 N–H and O–H groups in total. The van der Waals surface area contributed by atoms with Gasteiger partial charge in [-0.25, -0.2) is 0 Å². The van der Waals surface area contributed by atoms with Gasteiger partial charge in [-0.3, -0.25) is 0 Å². The topological polar surface area (TPSA) is 38.7 Å². The number of ether oxygens (including phenoxy) is 2. The van der Waals surface area contributed by atoms with Crippen LogP contribution < -0.4 is 9.47 Å². The van der Waals surface area contributed by atoms with Crippen molar-refractivity contribution in [3.8, 4) is 11.5 Å². The van der Waals surface area contributed by atoms with Crippen LogP contribution in [0.4, 0.5) is 0 Å². The fourth-order valence-electron chi connectivity index (χ4n) is 3.39. The minimum atomic E-state index is -0.778. The zero-order valence-electron chi connectivity index (χ0n) is 15.9. The van der Waals surface area contributed by atoms with Gasteiger partial charge in [0.2, 0.25) is 0 Å². The summed E-state index contributed by atoms with van der Waals surface area (Å²) in [5.74, 6) is 1.67. The first-order valence-corrected chi connectivity index (χ1v) is 8.68. The van der Waals surface area contributed by atoms with E-state index in [1.165, 1.54) is 0 Å². The van der Waals surface area contributed by atoms with Crippen molar-refractivity contribution in [2.75, 3.05) is 14.2 Å². The smallest absolute Gasteiger partial charge is 0.122 e. The van der Waals surface area contributed by atoms with Gasteiger partial charge in [-0.15, -0.1) is 0 Å². The highest BCUT2D eigenvalue weighted by Gasteiger charge is 2.46. The molecule has 23 heavy (non-hydrogen) atoms. The van der Waals surface area contributed by atoms with E-state index < -0.39 is 11.0 Å². The van der Waals surface area contributed by atoms with Crippen LogP contribution >= 0.6 is 0 Å². The van der Waals surface area contributed by atoms with Crippen LogP contribution in [0.5, 0.6) is 11.5 Å². The van der Waals surface area contributed by atoms with Gasteiger partial charge in [0.05, 0.1) is 19.8 Å². The van der Waals surface area contributed by atoms with Crippen LogP contribution in [-0.2, 0) is 5.41 Å². The standard InChI is InChI=1S/C20H34O3/c1-8-9-10-11-20(21,15(2)3)19(4,5)16-12-17(22-6)14-18(13-16)23-7/h12-15,21H,8-11H2,1-7H3. The number of aliphatic hydroxyl groups is 1. The zero-order chi connectivity index (χ0) is 17.7. The Labute approximate surface area is 142 Å². The Morgan fingerprint density at radius 2 is 1.52 bits per heavy atom. The summed E-state index contributed by atoms with van der Waals surface area (Å²) >= 11 is 0. The van der Waals surface area contributed by atoms with Gasteiger partial charge in [-0.05, 0) is 30.0 Å². The molecule has 0 aromatic heterocycles. The molecule has 132 valence electrons. The molecule has 0 fully saturated rings. The lowest BCUT2D eigenvalue weighted by Crippen LogP contribution is -2.51. The van der Waals surface area contributed by atoms with E-state index >= 15 is 0 Å². The van der Waals surface area contributed by atoms with E-state index in [0.29, 0.717) is 0 Å². The third-order valence-corrected chi connectivity index (χ3v) is 5.27. The highest BCUT2D eigenvalue weighted by atomic mass is 16.5. The van der Waals surface area contributed by atoms with Gasteiger partial charge >= 0.3 is 0 Å². The summed E-state index contributed by atoms with van der Waals surface area (Å²) in [6, 6.07) is 5.89. The van der Waals surface area contributed by atoms with E-state index in [-0.39, 0.29) is 5.92 Å². The number of rotatable bonds is 9. The molecule has 3 nitrogen and oxygen atoms in total. The molecule has 0 bridgehead atoms. The first kappa shape index (κ1) is 19.8. The molecule has 1 atom stereocenters. The lowest BCUT2D eigenvalue weighted by molar-refractivity contribution is -0.0741. The summed E-state index contributed by atoms with van der Waals surface area (Å²) < 4.78 is 10.8. The summed E-state index contributed by atoms with van der Waals surface area (Å²) in [5, 5.41) is 11.5. The normalized spacial score (nSPS) is 14.7. The number of benzene rings is 1. The molecule has 0 aliphatic rings. The van der Waals surface area contributed by atoms with Gasteiger partial charge in [-0.2, -0.15) is 0 Å². The van der Waals surface area contributed by atoms with Crippen molar-refractivity contribution in [3.63, 3.8) is 0 Å². The van der Waals surface area contributed by atoms with Gasteiger partial charge < -0.3 is 14.6 Å². The Hall–Kier alpha value is -1.22. The van der Waals surface area contributed by atoms with E-state index in [4.69, 9.17) is 9.47 Å². The van der Waals surface area contributed by atoms with E-state index in [0.717, 1.165) is 42.7 Å². The minimum Gasteiger partial charge on any atom is -0.497 e. The van der Waals surface area contributed by atoms with Gasteiger partial charge in [-0.1, -0.05) is 53.9 Å². The van der Waals surface area contributed by atoms with Crippen LogP contribution in [0.25, 0.3) is 0 Å². The molecule has 0 amide bonds. The van der Waals surface area contributed by atoms with Crippen LogP contribution in [0.1, 0.15) is 65.9 Å². The van der Waals surface area contributed by atoms with Crippen LogP contribution in [0.15, 0.2) is 18.2 Å². The Balaban J connectivity index is 3.28. The summed E-state index contributed by atoms with van der Waals surface area (Å²) in [6.45, 7) is 10.6. The molecule has 0 saturated carbocycles. The Morgan fingerprint density at radius 3 is 1.91 bits per heavy atom. The lowest BCUT2D eigenvalue weighted by Gasteiger charge is -2.46. The van der Waals surface area contributed by atoms with Crippen LogP contribution in [0.2, 0.25) is 0 Å². The molecule has 0 radical (unpaired) electrons. The highest BCUT2D eigenvalue weighted by molar-refractivity contribution is 5.43. The van der Waals surface area contributed by atoms with Crippen molar-refractivity contribution in [1.29, 1.82) is 0 Å². The second-order valence-corrected chi connectivity index (χ2v) is 7.26. The molecule has 0 saturated heterocycles. The number of unbranched alkanes of at least 4 members (excludes halogenated alkanes) is 2. The fraction of sp³-hybridized carbons (Fsp3) is 0.700. The maximum Gasteiger partial charge on any atom is 0.122 e. The summed E-state index contributed by atoms with van der Waals surface area (Å²) in [4.78, 5) is 0. The summed E-state index contributed by atoms with van der Waals surface area (Å²) in [5.41, 5.74) is -0.141. The third kappa shape index (κ3) is 4.20.